The number of hydrogen-bond donors (Lipinski definition) is 2. The molecular formula is C17H23N3O4. The van der Waals surface area contributed by atoms with Gasteiger partial charge in [-0.25, -0.2) is 0 Å². The number of aliphatic hydroxyl groups is 1. The van der Waals surface area contributed by atoms with Crippen LogP contribution in [0, 0.1) is 0 Å². The number of carbonyl (C=O) groups excluding carboxylic acids is 2. The van der Waals surface area contributed by atoms with Gasteiger partial charge in [0.25, 0.3) is 0 Å². The van der Waals surface area contributed by atoms with Gasteiger partial charge in [0.15, 0.2) is 0 Å². The summed E-state index contributed by atoms with van der Waals surface area (Å²) in [5, 5.41) is 12.3. The summed E-state index contributed by atoms with van der Waals surface area (Å²) in [6.07, 6.45) is -0.889. The van der Waals surface area contributed by atoms with Crippen molar-refractivity contribution >= 4 is 11.8 Å². The van der Waals surface area contributed by atoms with Gasteiger partial charge in [-0.1, -0.05) is 12.1 Å². The van der Waals surface area contributed by atoms with Crippen molar-refractivity contribution in [1.29, 1.82) is 0 Å². The van der Waals surface area contributed by atoms with E-state index in [0.29, 0.717) is 19.6 Å². The average Bonchev–Trinajstić information content (AvgIpc) is 2.58. The van der Waals surface area contributed by atoms with Gasteiger partial charge < -0.3 is 20.1 Å². The zero-order valence-electron chi connectivity index (χ0n) is 13.9. The minimum atomic E-state index is -0.889. The third kappa shape index (κ3) is 3.22. The van der Waals surface area contributed by atoms with Gasteiger partial charge in [0.2, 0.25) is 11.8 Å². The number of carbonyl (C=O) groups is 2. The maximum Gasteiger partial charge on any atom is 0.248 e. The molecule has 1 aromatic rings. The quantitative estimate of drug-likeness (QED) is 0.783. The first-order valence-corrected chi connectivity index (χ1v) is 8.14. The first kappa shape index (κ1) is 16.7. The van der Waals surface area contributed by atoms with Crippen LogP contribution in [0.25, 0.3) is 0 Å². The SMILES string of the molecule is COc1ccc(CN2CCN3C(=O)[C@@H]([C@H](C)O)NC(=O)[C@H]3C2)cc1. The van der Waals surface area contributed by atoms with E-state index < -0.39 is 18.2 Å². The predicted molar refractivity (Wildman–Crippen MR) is 87.4 cm³/mol. The summed E-state index contributed by atoms with van der Waals surface area (Å²) < 4.78 is 5.15. The number of ether oxygens (including phenoxy) is 1. The fourth-order valence-corrected chi connectivity index (χ4v) is 3.28. The number of aliphatic hydroxyl groups excluding tert-OH is 1. The monoisotopic (exact) mass is 333 g/mol. The summed E-state index contributed by atoms with van der Waals surface area (Å²) in [6.45, 7) is 3.93. The van der Waals surface area contributed by atoms with Crippen LogP contribution < -0.4 is 10.1 Å². The fourth-order valence-electron chi connectivity index (χ4n) is 3.28. The summed E-state index contributed by atoms with van der Waals surface area (Å²) in [6, 6.07) is 6.51. The summed E-state index contributed by atoms with van der Waals surface area (Å²) >= 11 is 0. The Hall–Kier alpha value is -2.12. The molecule has 2 heterocycles. The molecule has 7 heteroatoms. The van der Waals surface area contributed by atoms with Crippen LogP contribution >= 0.6 is 0 Å². The lowest BCUT2D eigenvalue weighted by atomic mass is 10.0. The van der Waals surface area contributed by atoms with Crippen LogP contribution in [0.2, 0.25) is 0 Å². The van der Waals surface area contributed by atoms with Crippen molar-refractivity contribution in [3.8, 4) is 5.75 Å². The van der Waals surface area contributed by atoms with Gasteiger partial charge in [0, 0.05) is 26.2 Å². The second kappa shape index (κ2) is 6.78. The zero-order chi connectivity index (χ0) is 17.3. The van der Waals surface area contributed by atoms with Crippen LogP contribution in [0.15, 0.2) is 24.3 Å². The number of methoxy groups -OCH3 is 1. The predicted octanol–water partition coefficient (Wildman–Crippen LogP) is -0.413. The van der Waals surface area contributed by atoms with E-state index in [1.54, 1.807) is 12.0 Å². The molecule has 2 aliphatic heterocycles. The first-order valence-electron chi connectivity index (χ1n) is 8.14. The van der Waals surface area contributed by atoms with Gasteiger partial charge in [0.05, 0.1) is 13.2 Å². The van der Waals surface area contributed by atoms with E-state index in [-0.39, 0.29) is 11.8 Å². The molecule has 24 heavy (non-hydrogen) atoms. The molecule has 130 valence electrons. The van der Waals surface area contributed by atoms with E-state index in [9.17, 15) is 14.7 Å². The number of rotatable bonds is 4. The maximum absolute atomic E-state index is 12.4. The topological polar surface area (TPSA) is 82.1 Å². The molecule has 0 radical (unpaired) electrons. The smallest absolute Gasteiger partial charge is 0.248 e. The summed E-state index contributed by atoms with van der Waals surface area (Å²) in [7, 11) is 1.63. The lowest BCUT2D eigenvalue weighted by Crippen LogP contribution is -2.70. The molecule has 0 unspecified atom stereocenters. The molecule has 3 rings (SSSR count). The Balaban J connectivity index is 1.65. The van der Waals surface area contributed by atoms with Gasteiger partial charge in [-0.3, -0.25) is 14.5 Å². The van der Waals surface area contributed by atoms with Crippen molar-refractivity contribution in [2.75, 3.05) is 26.7 Å². The third-order valence-corrected chi connectivity index (χ3v) is 4.66. The minimum absolute atomic E-state index is 0.195. The van der Waals surface area contributed by atoms with Crippen LogP contribution in [0.5, 0.6) is 5.75 Å². The van der Waals surface area contributed by atoms with Gasteiger partial charge in [-0.05, 0) is 24.6 Å². The van der Waals surface area contributed by atoms with Gasteiger partial charge in [0.1, 0.15) is 17.8 Å². The van der Waals surface area contributed by atoms with Gasteiger partial charge in [-0.2, -0.15) is 0 Å². The highest BCUT2D eigenvalue weighted by Gasteiger charge is 2.44. The van der Waals surface area contributed by atoms with E-state index in [0.717, 1.165) is 17.9 Å². The number of nitrogens with zero attached hydrogens (tertiary/aromatic N) is 2. The molecule has 7 nitrogen and oxygen atoms in total. The lowest BCUT2D eigenvalue weighted by Gasteiger charge is -2.45. The van der Waals surface area contributed by atoms with Crippen LogP contribution in [0.4, 0.5) is 0 Å². The van der Waals surface area contributed by atoms with Crippen molar-refractivity contribution in [1.82, 2.24) is 15.1 Å². The highest BCUT2D eigenvalue weighted by atomic mass is 16.5. The lowest BCUT2D eigenvalue weighted by molar-refractivity contribution is -0.156. The highest BCUT2D eigenvalue weighted by molar-refractivity contribution is 5.97. The highest BCUT2D eigenvalue weighted by Crippen LogP contribution is 2.20. The Morgan fingerprint density at radius 3 is 2.62 bits per heavy atom. The van der Waals surface area contributed by atoms with Crippen molar-refractivity contribution < 1.29 is 19.4 Å². The Bertz CT molecular complexity index is 617. The van der Waals surface area contributed by atoms with E-state index >= 15 is 0 Å². The average molecular weight is 333 g/mol. The molecule has 0 spiro atoms. The van der Waals surface area contributed by atoms with Crippen molar-refractivity contribution in [2.24, 2.45) is 0 Å². The van der Waals surface area contributed by atoms with E-state index in [2.05, 4.69) is 10.2 Å². The molecule has 2 N–H and O–H groups in total. The van der Waals surface area contributed by atoms with Crippen LogP contribution in [0.1, 0.15) is 12.5 Å². The maximum atomic E-state index is 12.4. The number of hydrogen-bond acceptors (Lipinski definition) is 5. The number of fused-ring (bicyclic) bond motifs is 1. The molecule has 0 bridgehead atoms. The normalized spacial score (nSPS) is 25.9. The second-order valence-corrected chi connectivity index (χ2v) is 6.36. The number of benzene rings is 1. The molecular weight excluding hydrogens is 310 g/mol. The standard InChI is InChI=1S/C17H23N3O4/c1-11(21)15-17(23)20-8-7-19(10-14(20)16(22)18-15)9-12-3-5-13(24-2)6-4-12/h3-6,11,14-15,21H,7-10H2,1-2H3,(H,18,22)/t11-,14+,15+/m0/s1. The molecule has 2 aliphatic rings. The molecule has 3 atom stereocenters. The number of nitrogens with one attached hydrogen (secondary N) is 1. The van der Waals surface area contributed by atoms with Crippen molar-refractivity contribution in [3.05, 3.63) is 29.8 Å². The number of amides is 2. The Kier molecular flexibility index (Phi) is 4.73. The van der Waals surface area contributed by atoms with E-state index in [1.165, 1.54) is 6.92 Å². The summed E-state index contributed by atoms with van der Waals surface area (Å²) in [4.78, 5) is 28.5. The fraction of sp³-hybridized carbons (Fsp3) is 0.529. The van der Waals surface area contributed by atoms with E-state index in [1.807, 2.05) is 24.3 Å². The summed E-state index contributed by atoms with van der Waals surface area (Å²) in [5.74, 6) is 0.420. The largest absolute Gasteiger partial charge is 0.497 e. The molecule has 2 saturated heterocycles. The van der Waals surface area contributed by atoms with Crippen molar-refractivity contribution in [3.63, 3.8) is 0 Å². The van der Waals surface area contributed by atoms with E-state index in [4.69, 9.17) is 4.74 Å². The Labute approximate surface area is 141 Å². The molecule has 0 saturated carbocycles. The molecule has 0 aromatic heterocycles. The Morgan fingerprint density at radius 2 is 2.00 bits per heavy atom. The first-order chi connectivity index (χ1) is 11.5. The summed E-state index contributed by atoms with van der Waals surface area (Å²) in [5.41, 5.74) is 1.13. The second-order valence-electron chi connectivity index (χ2n) is 6.36. The van der Waals surface area contributed by atoms with Gasteiger partial charge >= 0.3 is 0 Å². The molecule has 0 aliphatic carbocycles. The van der Waals surface area contributed by atoms with Crippen molar-refractivity contribution in [2.45, 2.75) is 31.7 Å². The zero-order valence-corrected chi connectivity index (χ0v) is 13.9. The minimum Gasteiger partial charge on any atom is -0.497 e. The third-order valence-electron chi connectivity index (χ3n) is 4.66. The molecule has 2 amide bonds. The Morgan fingerprint density at radius 1 is 1.29 bits per heavy atom. The van der Waals surface area contributed by atoms with Crippen LogP contribution in [-0.2, 0) is 16.1 Å². The molecule has 1 aromatic carbocycles. The molecule has 2 fully saturated rings. The van der Waals surface area contributed by atoms with Gasteiger partial charge in [-0.15, -0.1) is 0 Å². The number of piperazine rings is 2. The van der Waals surface area contributed by atoms with Crippen LogP contribution in [-0.4, -0.2) is 71.7 Å². The van der Waals surface area contributed by atoms with Crippen LogP contribution in [0.3, 0.4) is 0 Å².